The molecule has 1 fully saturated rings. The third-order valence-electron chi connectivity index (χ3n) is 4.85. The highest BCUT2D eigenvalue weighted by atomic mass is 19.1. The van der Waals surface area contributed by atoms with Crippen molar-refractivity contribution >= 4 is 22.5 Å². The molecule has 5 heteroatoms. The molecule has 2 heterocycles. The number of hydrogen-bond donors (Lipinski definition) is 0. The Morgan fingerprint density at radius 2 is 1.69 bits per heavy atom. The normalized spacial score (nSPS) is 14.7. The summed E-state index contributed by atoms with van der Waals surface area (Å²) in [4.78, 5) is 21.2. The lowest BCUT2D eigenvalue weighted by atomic mass is 10.1. The highest BCUT2D eigenvalue weighted by molar-refractivity contribution is 5.90. The van der Waals surface area contributed by atoms with Crippen molar-refractivity contribution in [2.24, 2.45) is 0 Å². The average Bonchev–Trinajstić information content (AvgIpc) is 2.69. The lowest BCUT2D eigenvalue weighted by Gasteiger charge is -2.36. The monoisotopic (exact) mass is 349 g/mol. The number of pyridine rings is 1. The molecule has 0 aliphatic carbocycles. The van der Waals surface area contributed by atoms with Gasteiger partial charge in [-0.15, -0.1) is 0 Å². The van der Waals surface area contributed by atoms with Gasteiger partial charge >= 0.3 is 0 Å². The SMILES string of the molecule is O=C(Cc1ccc(F)cc1)N1CCN(c2cccc3cccnc23)CC1. The van der Waals surface area contributed by atoms with Gasteiger partial charge in [0.1, 0.15) is 5.82 Å². The molecule has 3 aromatic rings. The van der Waals surface area contributed by atoms with Gasteiger partial charge in [-0.25, -0.2) is 4.39 Å². The number of amides is 1. The largest absolute Gasteiger partial charge is 0.366 e. The minimum absolute atomic E-state index is 0.0901. The van der Waals surface area contributed by atoms with Gasteiger partial charge in [-0.2, -0.15) is 0 Å². The Morgan fingerprint density at radius 3 is 2.46 bits per heavy atom. The number of halogens is 1. The summed E-state index contributed by atoms with van der Waals surface area (Å²) in [6, 6.07) is 16.3. The Balaban J connectivity index is 1.42. The Bertz CT molecular complexity index is 913. The number of aromatic nitrogens is 1. The van der Waals surface area contributed by atoms with E-state index in [1.54, 1.807) is 12.1 Å². The van der Waals surface area contributed by atoms with Crippen molar-refractivity contribution in [1.82, 2.24) is 9.88 Å². The van der Waals surface area contributed by atoms with Crippen LogP contribution >= 0.6 is 0 Å². The minimum atomic E-state index is -0.279. The Morgan fingerprint density at radius 1 is 0.962 bits per heavy atom. The maximum absolute atomic E-state index is 13.0. The second kappa shape index (κ2) is 7.12. The molecular formula is C21H20FN3O. The first-order chi connectivity index (χ1) is 12.7. The van der Waals surface area contributed by atoms with E-state index in [-0.39, 0.29) is 11.7 Å². The summed E-state index contributed by atoms with van der Waals surface area (Å²) >= 11 is 0. The van der Waals surface area contributed by atoms with Gasteiger partial charge in [-0.3, -0.25) is 9.78 Å². The van der Waals surface area contributed by atoms with Gasteiger partial charge < -0.3 is 9.80 Å². The van der Waals surface area contributed by atoms with E-state index in [0.717, 1.165) is 35.2 Å². The van der Waals surface area contributed by atoms with Gasteiger partial charge in [0.25, 0.3) is 0 Å². The van der Waals surface area contributed by atoms with Crippen LogP contribution in [0.1, 0.15) is 5.56 Å². The molecule has 132 valence electrons. The van der Waals surface area contributed by atoms with Crippen LogP contribution in [0.5, 0.6) is 0 Å². The molecule has 0 bridgehead atoms. The number of nitrogens with zero attached hydrogens (tertiary/aromatic N) is 3. The van der Waals surface area contributed by atoms with E-state index in [9.17, 15) is 9.18 Å². The van der Waals surface area contributed by atoms with Crippen LogP contribution in [0.15, 0.2) is 60.8 Å². The maximum atomic E-state index is 13.0. The minimum Gasteiger partial charge on any atom is -0.366 e. The first kappa shape index (κ1) is 16.5. The first-order valence-electron chi connectivity index (χ1n) is 8.81. The van der Waals surface area contributed by atoms with Crippen molar-refractivity contribution in [3.05, 3.63) is 72.2 Å². The molecular weight excluding hydrogens is 329 g/mol. The van der Waals surface area contributed by atoms with E-state index in [2.05, 4.69) is 28.1 Å². The summed E-state index contributed by atoms with van der Waals surface area (Å²) in [5, 5.41) is 1.12. The van der Waals surface area contributed by atoms with E-state index in [1.807, 2.05) is 23.2 Å². The summed E-state index contributed by atoms with van der Waals surface area (Å²) in [5.74, 6) is -0.189. The molecule has 26 heavy (non-hydrogen) atoms. The predicted octanol–water partition coefficient (Wildman–Crippen LogP) is 3.27. The fraction of sp³-hybridized carbons (Fsp3) is 0.238. The van der Waals surface area contributed by atoms with Crippen LogP contribution in [-0.4, -0.2) is 42.0 Å². The third-order valence-corrected chi connectivity index (χ3v) is 4.85. The topological polar surface area (TPSA) is 36.4 Å². The zero-order valence-corrected chi connectivity index (χ0v) is 14.4. The average molecular weight is 349 g/mol. The van der Waals surface area contributed by atoms with Crippen LogP contribution in [0.2, 0.25) is 0 Å². The molecule has 0 saturated carbocycles. The van der Waals surface area contributed by atoms with Crippen molar-refractivity contribution in [1.29, 1.82) is 0 Å². The lowest BCUT2D eigenvalue weighted by molar-refractivity contribution is -0.130. The third kappa shape index (κ3) is 3.38. The molecule has 0 unspecified atom stereocenters. The molecule has 0 spiro atoms. The van der Waals surface area contributed by atoms with Crippen LogP contribution in [0, 0.1) is 5.82 Å². The number of benzene rings is 2. The Hall–Kier alpha value is -2.95. The molecule has 4 nitrogen and oxygen atoms in total. The van der Waals surface area contributed by atoms with E-state index >= 15 is 0 Å². The van der Waals surface area contributed by atoms with Crippen LogP contribution in [-0.2, 0) is 11.2 Å². The van der Waals surface area contributed by atoms with E-state index in [0.29, 0.717) is 19.5 Å². The zero-order valence-electron chi connectivity index (χ0n) is 14.4. The summed E-state index contributed by atoms with van der Waals surface area (Å²) in [7, 11) is 0. The fourth-order valence-corrected chi connectivity index (χ4v) is 3.43. The highest BCUT2D eigenvalue weighted by Crippen LogP contribution is 2.25. The van der Waals surface area contributed by atoms with Crippen LogP contribution in [0.25, 0.3) is 10.9 Å². The number of para-hydroxylation sites is 1. The van der Waals surface area contributed by atoms with Crippen molar-refractivity contribution < 1.29 is 9.18 Å². The van der Waals surface area contributed by atoms with Gasteiger partial charge in [-0.05, 0) is 29.8 Å². The summed E-state index contributed by atoms with van der Waals surface area (Å²) in [5.41, 5.74) is 2.96. The smallest absolute Gasteiger partial charge is 0.227 e. The molecule has 4 rings (SSSR count). The molecule has 0 N–H and O–H groups in total. The number of piperazine rings is 1. The van der Waals surface area contributed by atoms with E-state index in [1.165, 1.54) is 12.1 Å². The fourth-order valence-electron chi connectivity index (χ4n) is 3.43. The van der Waals surface area contributed by atoms with Gasteiger partial charge in [0, 0.05) is 37.8 Å². The van der Waals surface area contributed by atoms with Gasteiger partial charge in [0.2, 0.25) is 5.91 Å². The van der Waals surface area contributed by atoms with Gasteiger partial charge in [-0.1, -0.05) is 30.3 Å². The van der Waals surface area contributed by atoms with Gasteiger partial charge in [0.15, 0.2) is 0 Å². The van der Waals surface area contributed by atoms with Crippen LogP contribution < -0.4 is 4.90 Å². The summed E-state index contributed by atoms with van der Waals surface area (Å²) in [6.07, 6.45) is 2.13. The Labute approximate surface area is 151 Å². The quantitative estimate of drug-likeness (QED) is 0.728. The number of fused-ring (bicyclic) bond motifs is 1. The number of carbonyl (C=O) groups is 1. The number of rotatable bonds is 3. The number of hydrogen-bond acceptors (Lipinski definition) is 3. The predicted molar refractivity (Wildman–Crippen MR) is 101 cm³/mol. The molecule has 0 atom stereocenters. The van der Waals surface area contributed by atoms with Crippen LogP contribution in [0.3, 0.4) is 0 Å². The number of anilines is 1. The molecule has 1 saturated heterocycles. The van der Waals surface area contributed by atoms with E-state index in [4.69, 9.17) is 0 Å². The highest BCUT2D eigenvalue weighted by Gasteiger charge is 2.22. The zero-order chi connectivity index (χ0) is 17.9. The summed E-state index contributed by atoms with van der Waals surface area (Å²) in [6.45, 7) is 2.93. The molecule has 1 aliphatic rings. The molecule has 1 aromatic heterocycles. The number of carbonyl (C=O) groups excluding carboxylic acids is 1. The van der Waals surface area contributed by atoms with Gasteiger partial charge in [0.05, 0.1) is 17.6 Å². The van der Waals surface area contributed by atoms with Crippen LogP contribution in [0.4, 0.5) is 10.1 Å². The van der Waals surface area contributed by atoms with Crippen molar-refractivity contribution in [3.63, 3.8) is 0 Å². The maximum Gasteiger partial charge on any atom is 0.227 e. The standard InChI is InChI=1S/C21H20FN3O/c22-18-8-6-16(7-9-18)15-20(26)25-13-11-24(12-14-25)19-5-1-3-17-4-2-10-23-21(17)19/h1-10H,11-15H2. The first-order valence-corrected chi connectivity index (χ1v) is 8.81. The summed E-state index contributed by atoms with van der Waals surface area (Å²) < 4.78 is 13.0. The second-order valence-electron chi connectivity index (χ2n) is 6.52. The second-order valence-corrected chi connectivity index (χ2v) is 6.52. The molecule has 1 aliphatic heterocycles. The van der Waals surface area contributed by atoms with Crippen molar-refractivity contribution in [3.8, 4) is 0 Å². The van der Waals surface area contributed by atoms with Crippen molar-refractivity contribution in [2.75, 3.05) is 31.1 Å². The molecule has 1 amide bonds. The molecule has 0 radical (unpaired) electrons. The van der Waals surface area contributed by atoms with Crippen molar-refractivity contribution in [2.45, 2.75) is 6.42 Å². The lowest BCUT2D eigenvalue weighted by Crippen LogP contribution is -2.49. The van der Waals surface area contributed by atoms with E-state index < -0.39 is 0 Å². The Kier molecular flexibility index (Phi) is 4.52. The molecule has 2 aromatic carbocycles.